The van der Waals surface area contributed by atoms with E-state index < -0.39 is 0 Å². The smallest absolute Gasteiger partial charge is 0.399 e. The standard InChI is InChI=1S/C17H29BN2O2S/c1-6-10-13-14(18-21-16(2,3)17(4,5)22-18)23-15(19-13)20-11-8-7-9-12-20/h6-12H2,1-5H3. The van der Waals surface area contributed by atoms with Crippen molar-refractivity contribution in [3.8, 4) is 0 Å². The van der Waals surface area contributed by atoms with Gasteiger partial charge in [0.05, 0.1) is 21.7 Å². The Kier molecular flexibility index (Phi) is 4.78. The van der Waals surface area contributed by atoms with Gasteiger partial charge in [-0.2, -0.15) is 0 Å². The summed E-state index contributed by atoms with van der Waals surface area (Å²) in [5.41, 5.74) is 0.573. The van der Waals surface area contributed by atoms with E-state index >= 15 is 0 Å². The fourth-order valence-corrected chi connectivity index (χ4v) is 4.24. The fourth-order valence-electron chi connectivity index (χ4n) is 3.12. The number of hydrogen-bond donors (Lipinski definition) is 0. The molecule has 1 aromatic rings. The molecule has 2 saturated heterocycles. The van der Waals surface area contributed by atoms with Crippen LogP contribution in [0.1, 0.15) is 66.0 Å². The van der Waals surface area contributed by atoms with E-state index in [1.807, 2.05) is 0 Å². The summed E-state index contributed by atoms with van der Waals surface area (Å²) in [6.07, 6.45) is 5.97. The highest BCUT2D eigenvalue weighted by molar-refractivity contribution is 7.25. The van der Waals surface area contributed by atoms with Gasteiger partial charge in [0, 0.05) is 13.1 Å². The van der Waals surface area contributed by atoms with E-state index in [1.54, 1.807) is 11.3 Å². The first-order valence-electron chi connectivity index (χ1n) is 8.94. The number of anilines is 1. The first-order chi connectivity index (χ1) is 10.8. The molecule has 0 spiro atoms. The van der Waals surface area contributed by atoms with Crippen LogP contribution in [0.4, 0.5) is 5.13 Å². The predicted octanol–water partition coefficient (Wildman–Crippen LogP) is 3.39. The molecule has 0 aliphatic carbocycles. The van der Waals surface area contributed by atoms with Crippen LogP contribution in [0.5, 0.6) is 0 Å². The Bertz CT molecular complexity index is 537. The average molecular weight is 336 g/mol. The molecule has 0 amide bonds. The molecule has 3 heterocycles. The lowest BCUT2D eigenvalue weighted by Crippen LogP contribution is -2.41. The molecule has 2 aliphatic rings. The van der Waals surface area contributed by atoms with Crippen molar-refractivity contribution in [3.05, 3.63) is 5.69 Å². The van der Waals surface area contributed by atoms with E-state index in [9.17, 15) is 0 Å². The molecule has 2 fully saturated rings. The molecule has 0 N–H and O–H groups in total. The van der Waals surface area contributed by atoms with Crippen LogP contribution in [-0.2, 0) is 15.7 Å². The quantitative estimate of drug-likeness (QED) is 0.790. The second-order valence-electron chi connectivity index (χ2n) is 7.69. The zero-order chi connectivity index (χ0) is 16.7. The normalized spacial score (nSPS) is 23.5. The molecule has 2 aliphatic heterocycles. The average Bonchev–Trinajstić information content (AvgIpc) is 2.99. The van der Waals surface area contributed by atoms with E-state index in [2.05, 4.69) is 39.5 Å². The van der Waals surface area contributed by atoms with Gasteiger partial charge in [-0.05, 0) is 53.4 Å². The molecular weight excluding hydrogens is 307 g/mol. The van der Waals surface area contributed by atoms with E-state index in [1.165, 1.54) is 24.0 Å². The van der Waals surface area contributed by atoms with Crippen LogP contribution in [0.2, 0.25) is 0 Å². The Morgan fingerprint density at radius 3 is 2.26 bits per heavy atom. The van der Waals surface area contributed by atoms with Crippen LogP contribution < -0.4 is 9.68 Å². The van der Waals surface area contributed by atoms with Crippen molar-refractivity contribution >= 4 is 28.4 Å². The highest BCUT2D eigenvalue weighted by Gasteiger charge is 2.53. The van der Waals surface area contributed by atoms with E-state index in [-0.39, 0.29) is 18.3 Å². The molecule has 3 rings (SSSR count). The topological polar surface area (TPSA) is 34.6 Å². The molecule has 0 atom stereocenters. The summed E-state index contributed by atoms with van der Waals surface area (Å²) >= 11 is 1.77. The molecule has 1 aromatic heterocycles. The van der Waals surface area contributed by atoms with Gasteiger partial charge >= 0.3 is 7.12 Å². The van der Waals surface area contributed by atoms with E-state index in [4.69, 9.17) is 14.3 Å². The van der Waals surface area contributed by atoms with Crippen molar-refractivity contribution in [1.29, 1.82) is 0 Å². The summed E-state index contributed by atoms with van der Waals surface area (Å²) in [6, 6.07) is 0. The highest BCUT2D eigenvalue weighted by atomic mass is 32.1. The first-order valence-corrected chi connectivity index (χ1v) is 9.76. The van der Waals surface area contributed by atoms with Gasteiger partial charge in [0.15, 0.2) is 5.13 Å². The minimum absolute atomic E-state index is 0.280. The highest BCUT2D eigenvalue weighted by Crippen LogP contribution is 2.38. The van der Waals surface area contributed by atoms with Crippen LogP contribution in [-0.4, -0.2) is 36.4 Å². The molecule has 23 heavy (non-hydrogen) atoms. The number of aryl methyl sites for hydroxylation is 1. The molecule has 6 heteroatoms. The zero-order valence-electron chi connectivity index (χ0n) is 15.1. The lowest BCUT2D eigenvalue weighted by atomic mass is 9.85. The van der Waals surface area contributed by atoms with Crippen molar-refractivity contribution < 1.29 is 9.31 Å². The second-order valence-corrected chi connectivity index (χ2v) is 8.70. The molecular formula is C17H29BN2O2S. The van der Waals surface area contributed by atoms with Gasteiger partial charge in [-0.3, -0.25) is 0 Å². The van der Waals surface area contributed by atoms with Gasteiger partial charge < -0.3 is 14.2 Å². The third-order valence-electron chi connectivity index (χ3n) is 5.30. The maximum absolute atomic E-state index is 6.27. The lowest BCUT2D eigenvalue weighted by Gasteiger charge is -2.32. The largest absolute Gasteiger partial charge is 0.507 e. The monoisotopic (exact) mass is 336 g/mol. The number of piperidine rings is 1. The number of thiazole rings is 1. The summed E-state index contributed by atoms with van der Waals surface area (Å²) in [6.45, 7) is 12.9. The van der Waals surface area contributed by atoms with Gasteiger partial charge in [-0.15, -0.1) is 11.3 Å². The number of rotatable bonds is 4. The Labute approximate surface area is 144 Å². The Balaban J connectivity index is 1.87. The molecule has 0 saturated carbocycles. The van der Waals surface area contributed by atoms with Crippen molar-refractivity contribution in [2.75, 3.05) is 18.0 Å². The van der Waals surface area contributed by atoms with Gasteiger partial charge in [0.2, 0.25) is 0 Å². The van der Waals surface area contributed by atoms with Crippen molar-refractivity contribution in [2.45, 2.75) is 77.9 Å². The number of aromatic nitrogens is 1. The maximum Gasteiger partial charge on any atom is 0.507 e. The molecule has 4 nitrogen and oxygen atoms in total. The van der Waals surface area contributed by atoms with Gasteiger partial charge in [-0.1, -0.05) is 13.3 Å². The number of hydrogen-bond acceptors (Lipinski definition) is 5. The third-order valence-corrected chi connectivity index (χ3v) is 6.48. The molecule has 0 aromatic carbocycles. The maximum atomic E-state index is 6.27. The van der Waals surface area contributed by atoms with E-state index in [0.29, 0.717) is 0 Å². The summed E-state index contributed by atoms with van der Waals surface area (Å²) < 4.78 is 13.7. The van der Waals surface area contributed by atoms with Crippen molar-refractivity contribution in [3.63, 3.8) is 0 Å². The van der Waals surface area contributed by atoms with Crippen LogP contribution >= 0.6 is 11.3 Å². The SMILES string of the molecule is CCCc1nc(N2CCCCC2)sc1B1OC(C)(C)C(C)(C)O1. The van der Waals surface area contributed by atoms with Crippen molar-refractivity contribution in [2.24, 2.45) is 0 Å². The number of nitrogens with zero attached hydrogens (tertiary/aromatic N) is 2. The van der Waals surface area contributed by atoms with Crippen LogP contribution in [0.15, 0.2) is 0 Å². The molecule has 0 unspecified atom stereocenters. The minimum atomic E-state index is -0.295. The van der Waals surface area contributed by atoms with Gasteiger partial charge in [0.25, 0.3) is 0 Å². The van der Waals surface area contributed by atoms with Crippen molar-refractivity contribution in [1.82, 2.24) is 4.98 Å². The fraction of sp³-hybridized carbons (Fsp3) is 0.824. The van der Waals surface area contributed by atoms with Gasteiger partial charge in [0.1, 0.15) is 0 Å². The summed E-state index contributed by atoms with van der Waals surface area (Å²) in [5.74, 6) is 0. The third kappa shape index (κ3) is 3.31. The van der Waals surface area contributed by atoms with Crippen LogP contribution in [0, 0.1) is 0 Å². The van der Waals surface area contributed by atoms with Crippen LogP contribution in [0.3, 0.4) is 0 Å². The predicted molar refractivity (Wildman–Crippen MR) is 97.9 cm³/mol. The summed E-state index contributed by atoms with van der Waals surface area (Å²) in [5, 5.41) is 1.15. The molecule has 0 radical (unpaired) electrons. The van der Waals surface area contributed by atoms with Gasteiger partial charge in [-0.25, -0.2) is 4.98 Å². The van der Waals surface area contributed by atoms with Crippen LogP contribution in [0.25, 0.3) is 0 Å². The molecule has 0 bridgehead atoms. The first kappa shape index (κ1) is 17.2. The Morgan fingerprint density at radius 1 is 1.09 bits per heavy atom. The Morgan fingerprint density at radius 2 is 1.70 bits per heavy atom. The second kappa shape index (κ2) is 6.38. The lowest BCUT2D eigenvalue weighted by molar-refractivity contribution is 0.00578. The Hall–Kier alpha value is -0.585. The zero-order valence-corrected chi connectivity index (χ0v) is 16.0. The minimum Gasteiger partial charge on any atom is -0.399 e. The summed E-state index contributed by atoms with van der Waals surface area (Å²) in [4.78, 5) is 7.38. The summed E-state index contributed by atoms with van der Waals surface area (Å²) in [7, 11) is -0.280. The molecule has 128 valence electrons. The van der Waals surface area contributed by atoms with E-state index in [0.717, 1.165) is 36.8 Å².